The lowest BCUT2D eigenvalue weighted by Gasteiger charge is -2.38. The fourth-order valence-electron chi connectivity index (χ4n) is 5.03. The molecule has 2 unspecified atom stereocenters. The van der Waals surface area contributed by atoms with E-state index in [0.29, 0.717) is 45.4 Å². The largest absolute Gasteiger partial charge is 0.481 e. The Kier molecular flexibility index (Phi) is 7.13. The molecule has 2 amide bonds. The molecule has 1 N–H and O–H groups in total. The normalized spacial score (nSPS) is 27.4. The number of rotatable bonds is 5. The number of aliphatic carboxylic acids is 1. The third-order valence-corrected chi connectivity index (χ3v) is 6.81. The van der Waals surface area contributed by atoms with E-state index in [0.717, 1.165) is 25.2 Å². The van der Waals surface area contributed by atoms with Gasteiger partial charge in [0, 0.05) is 38.5 Å². The molecule has 0 aromatic carbocycles. The van der Waals surface area contributed by atoms with Gasteiger partial charge in [-0.2, -0.15) is 0 Å². The topological polar surface area (TPSA) is 77.9 Å². The summed E-state index contributed by atoms with van der Waals surface area (Å²) in [6.07, 6.45) is 10.9. The molecule has 0 aromatic heterocycles. The van der Waals surface area contributed by atoms with Crippen molar-refractivity contribution >= 4 is 17.8 Å². The number of carbonyl (C=O) groups excluding carboxylic acids is 2. The highest BCUT2D eigenvalue weighted by Gasteiger charge is 2.34. The molecule has 2 atom stereocenters. The summed E-state index contributed by atoms with van der Waals surface area (Å²) >= 11 is 0. The molecule has 2 aliphatic carbocycles. The third-order valence-electron chi connectivity index (χ3n) is 6.81. The Labute approximate surface area is 162 Å². The first-order valence-corrected chi connectivity index (χ1v) is 10.8. The van der Waals surface area contributed by atoms with Gasteiger partial charge in [0.05, 0.1) is 5.92 Å². The molecule has 27 heavy (non-hydrogen) atoms. The molecule has 1 aliphatic heterocycles. The van der Waals surface area contributed by atoms with E-state index in [1.54, 1.807) is 0 Å². The molecule has 2 saturated carbocycles. The van der Waals surface area contributed by atoms with Crippen LogP contribution in [-0.4, -0.2) is 58.9 Å². The van der Waals surface area contributed by atoms with Gasteiger partial charge in [0.15, 0.2) is 0 Å². The summed E-state index contributed by atoms with van der Waals surface area (Å²) in [5, 5.41) is 9.22. The van der Waals surface area contributed by atoms with Gasteiger partial charge in [-0.25, -0.2) is 0 Å². The number of carbonyl (C=O) groups is 3. The van der Waals surface area contributed by atoms with Crippen molar-refractivity contribution in [1.29, 1.82) is 0 Å². The number of piperazine rings is 1. The molecule has 3 rings (SSSR count). The lowest BCUT2D eigenvalue weighted by Crippen LogP contribution is -2.52. The summed E-state index contributed by atoms with van der Waals surface area (Å²) in [5.74, 6) is -0.268. The summed E-state index contributed by atoms with van der Waals surface area (Å²) in [6.45, 7) is 2.40. The first kappa shape index (κ1) is 20.2. The lowest BCUT2D eigenvalue weighted by atomic mass is 9.80. The monoisotopic (exact) mass is 378 g/mol. The van der Waals surface area contributed by atoms with Crippen LogP contribution in [0.3, 0.4) is 0 Å². The van der Waals surface area contributed by atoms with E-state index in [2.05, 4.69) is 0 Å². The van der Waals surface area contributed by atoms with Crippen LogP contribution in [0.15, 0.2) is 0 Å². The molecule has 0 spiro atoms. The Hall–Kier alpha value is -1.59. The zero-order chi connectivity index (χ0) is 19.2. The van der Waals surface area contributed by atoms with E-state index in [-0.39, 0.29) is 23.7 Å². The average molecular weight is 379 g/mol. The highest BCUT2D eigenvalue weighted by Crippen LogP contribution is 2.31. The Bertz CT molecular complexity index is 536. The van der Waals surface area contributed by atoms with Crippen LogP contribution in [0.25, 0.3) is 0 Å². The molecule has 6 nitrogen and oxygen atoms in total. The molecule has 1 heterocycles. The zero-order valence-corrected chi connectivity index (χ0v) is 16.4. The Morgan fingerprint density at radius 2 is 1.41 bits per heavy atom. The molecular weight excluding hydrogens is 344 g/mol. The van der Waals surface area contributed by atoms with Gasteiger partial charge in [-0.1, -0.05) is 38.5 Å². The van der Waals surface area contributed by atoms with E-state index < -0.39 is 5.97 Å². The predicted molar refractivity (Wildman–Crippen MR) is 102 cm³/mol. The molecule has 0 aromatic rings. The van der Waals surface area contributed by atoms with Crippen molar-refractivity contribution in [1.82, 2.24) is 9.80 Å². The van der Waals surface area contributed by atoms with Crippen molar-refractivity contribution < 1.29 is 19.5 Å². The van der Waals surface area contributed by atoms with E-state index >= 15 is 0 Å². The van der Waals surface area contributed by atoms with Gasteiger partial charge in [0.25, 0.3) is 0 Å². The SMILES string of the molecule is O=C(O)C1CCCC(C(=O)N2CCN(C(=O)CCC3CCCCC3)CC2)C1. The third kappa shape index (κ3) is 5.45. The van der Waals surface area contributed by atoms with Crippen LogP contribution in [0, 0.1) is 17.8 Å². The van der Waals surface area contributed by atoms with Crippen molar-refractivity contribution in [2.45, 2.75) is 70.6 Å². The number of carboxylic acids is 1. The van der Waals surface area contributed by atoms with Crippen molar-refractivity contribution in [3.8, 4) is 0 Å². The number of hydrogen-bond donors (Lipinski definition) is 1. The first-order chi connectivity index (χ1) is 13.0. The average Bonchev–Trinajstić information content (AvgIpc) is 2.72. The van der Waals surface area contributed by atoms with Crippen LogP contribution < -0.4 is 0 Å². The van der Waals surface area contributed by atoms with Gasteiger partial charge < -0.3 is 14.9 Å². The van der Waals surface area contributed by atoms with Crippen LogP contribution in [-0.2, 0) is 14.4 Å². The second-order valence-electron chi connectivity index (χ2n) is 8.65. The fraction of sp³-hybridized carbons (Fsp3) is 0.857. The van der Waals surface area contributed by atoms with Gasteiger partial charge in [-0.3, -0.25) is 14.4 Å². The van der Waals surface area contributed by atoms with Crippen LogP contribution in [0.1, 0.15) is 70.6 Å². The van der Waals surface area contributed by atoms with Crippen LogP contribution in [0.4, 0.5) is 0 Å². The second kappa shape index (κ2) is 9.56. The minimum absolute atomic E-state index is 0.0928. The van der Waals surface area contributed by atoms with Crippen molar-refractivity contribution in [3.05, 3.63) is 0 Å². The number of nitrogens with zero attached hydrogens (tertiary/aromatic N) is 2. The van der Waals surface area contributed by atoms with Crippen LogP contribution in [0.5, 0.6) is 0 Å². The molecule has 1 saturated heterocycles. The van der Waals surface area contributed by atoms with Gasteiger partial charge >= 0.3 is 5.97 Å². The van der Waals surface area contributed by atoms with Gasteiger partial charge in [0.1, 0.15) is 0 Å². The van der Waals surface area contributed by atoms with Crippen LogP contribution in [0.2, 0.25) is 0 Å². The molecular formula is C21H34N2O4. The Balaban J connectivity index is 1.40. The Morgan fingerprint density at radius 3 is 2.07 bits per heavy atom. The second-order valence-corrected chi connectivity index (χ2v) is 8.65. The standard InChI is InChI=1S/C21H34N2O4/c24-19(10-9-16-5-2-1-3-6-16)22-11-13-23(14-12-22)20(25)17-7-4-8-18(15-17)21(26)27/h16-18H,1-15H2,(H,26,27). The summed E-state index contributed by atoms with van der Waals surface area (Å²) in [7, 11) is 0. The molecule has 152 valence electrons. The fourth-order valence-corrected chi connectivity index (χ4v) is 5.03. The summed E-state index contributed by atoms with van der Waals surface area (Å²) in [4.78, 5) is 40.2. The van der Waals surface area contributed by atoms with E-state index in [9.17, 15) is 19.5 Å². The molecule has 3 fully saturated rings. The maximum absolute atomic E-state index is 12.8. The van der Waals surface area contributed by atoms with Gasteiger partial charge in [-0.05, 0) is 31.6 Å². The summed E-state index contributed by atoms with van der Waals surface area (Å²) < 4.78 is 0. The van der Waals surface area contributed by atoms with Crippen molar-refractivity contribution in [2.75, 3.05) is 26.2 Å². The highest BCUT2D eigenvalue weighted by molar-refractivity contribution is 5.81. The molecule has 3 aliphatic rings. The minimum Gasteiger partial charge on any atom is -0.481 e. The smallest absolute Gasteiger partial charge is 0.306 e. The maximum Gasteiger partial charge on any atom is 0.306 e. The maximum atomic E-state index is 12.8. The van der Waals surface area contributed by atoms with Crippen molar-refractivity contribution in [2.24, 2.45) is 17.8 Å². The molecule has 6 heteroatoms. The number of amides is 2. The van der Waals surface area contributed by atoms with E-state index in [4.69, 9.17) is 0 Å². The molecule has 0 bridgehead atoms. The highest BCUT2D eigenvalue weighted by atomic mass is 16.4. The predicted octanol–water partition coefficient (Wildman–Crippen LogP) is 2.91. The van der Waals surface area contributed by atoms with Crippen molar-refractivity contribution in [3.63, 3.8) is 0 Å². The zero-order valence-electron chi connectivity index (χ0n) is 16.4. The molecule has 0 radical (unpaired) electrons. The van der Waals surface area contributed by atoms with Gasteiger partial charge in [-0.15, -0.1) is 0 Å². The van der Waals surface area contributed by atoms with E-state index in [1.807, 2.05) is 9.80 Å². The first-order valence-electron chi connectivity index (χ1n) is 10.8. The number of hydrogen-bond acceptors (Lipinski definition) is 3. The van der Waals surface area contributed by atoms with Gasteiger partial charge in [0.2, 0.25) is 11.8 Å². The summed E-state index contributed by atoms with van der Waals surface area (Å²) in [6, 6.07) is 0. The quantitative estimate of drug-likeness (QED) is 0.798. The minimum atomic E-state index is -0.777. The number of carboxylic acid groups (broad SMARTS) is 1. The van der Waals surface area contributed by atoms with E-state index in [1.165, 1.54) is 32.1 Å². The Morgan fingerprint density at radius 1 is 0.778 bits per heavy atom. The summed E-state index contributed by atoms with van der Waals surface area (Å²) in [5.41, 5.74) is 0. The van der Waals surface area contributed by atoms with Crippen LogP contribution >= 0.6 is 0 Å². The lowest BCUT2D eigenvalue weighted by molar-refractivity contribution is -0.147.